The zero-order chi connectivity index (χ0) is 13.9. The second-order valence-electron chi connectivity index (χ2n) is 4.58. The van der Waals surface area contributed by atoms with Gasteiger partial charge in [0.1, 0.15) is 5.76 Å². The number of fused-ring (bicyclic) bond motifs is 1. The molecule has 0 spiro atoms. The van der Waals surface area contributed by atoms with Crippen molar-refractivity contribution in [1.82, 2.24) is 0 Å². The Bertz CT molecular complexity index is 662. The fraction of sp³-hybridized carbons (Fsp3) is 0.118. The maximum atomic E-state index is 12.7. The molecule has 1 amide bonds. The molecule has 0 unspecified atom stereocenters. The van der Waals surface area contributed by atoms with E-state index in [-0.39, 0.29) is 5.91 Å². The first-order valence-corrected chi connectivity index (χ1v) is 6.58. The normalized spacial score (nSPS) is 15.7. The Morgan fingerprint density at radius 3 is 2.55 bits per heavy atom. The first-order chi connectivity index (χ1) is 9.79. The van der Waals surface area contributed by atoms with Crippen LogP contribution in [0, 0.1) is 0 Å². The van der Waals surface area contributed by atoms with Crippen LogP contribution < -0.4 is 9.64 Å². The van der Waals surface area contributed by atoms with Crippen LogP contribution >= 0.6 is 0 Å². The molecule has 20 heavy (non-hydrogen) atoms. The van der Waals surface area contributed by atoms with Gasteiger partial charge in [0.15, 0.2) is 5.75 Å². The molecule has 100 valence electrons. The average Bonchev–Trinajstić information content (AvgIpc) is 2.54. The smallest absolute Gasteiger partial charge is 0.258 e. The van der Waals surface area contributed by atoms with Gasteiger partial charge in [0.05, 0.1) is 12.2 Å². The van der Waals surface area contributed by atoms with Gasteiger partial charge in [-0.05, 0) is 37.3 Å². The summed E-state index contributed by atoms with van der Waals surface area (Å²) in [5, 5.41) is 0. The monoisotopic (exact) mass is 265 g/mol. The number of anilines is 1. The molecular weight excluding hydrogens is 250 g/mol. The van der Waals surface area contributed by atoms with E-state index in [0.717, 1.165) is 17.2 Å². The average molecular weight is 265 g/mol. The number of hydrogen-bond donors (Lipinski definition) is 0. The second kappa shape index (κ2) is 5.21. The summed E-state index contributed by atoms with van der Waals surface area (Å²) in [7, 11) is 0. The Morgan fingerprint density at radius 1 is 1.10 bits per heavy atom. The van der Waals surface area contributed by atoms with Gasteiger partial charge in [0, 0.05) is 5.56 Å². The maximum absolute atomic E-state index is 12.7. The molecule has 1 aliphatic heterocycles. The number of rotatable bonds is 1. The largest absolute Gasteiger partial charge is 0.458 e. The third-order valence-corrected chi connectivity index (χ3v) is 3.30. The first kappa shape index (κ1) is 12.5. The molecule has 0 atom stereocenters. The van der Waals surface area contributed by atoms with Crippen molar-refractivity contribution in [2.24, 2.45) is 0 Å². The number of hydrogen-bond acceptors (Lipinski definition) is 2. The molecule has 0 N–H and O–H groups in total. The predicted molar refractivity (Wildman–Crippen MR) is 78.9 cm³/mol. The lowest BCUT2D eigenvalue weighted by Crippen LogP contribution is -2.36. The van der Waals surface area contributed by atoms with E-state index in [9.17, 15) is 4.79 Å². The SMILES string of the molecule is C/C=C1\CN(C(=O)c2ccccc2)c2ccccc2O1. The van der Waals surface area contributed by atoms with Gasteiger partial charge in [-0.25, -0.2) is 0 Å². The van der Waals surface area contributed by atoms with Crippen LogP contribution in [0.25, 0.3) is 0 Å². The molecule has 0 aromatic heterocycles. The van der Waals surface area contributed by atoms with Gasteiger partial charge in [-0.3, -0.25) is 9.69 Å². The molecule has 3 heteroatoms. The molecule has 0 fully saturated rings. The van der Waals surface area contributed by atoms with E-state index < -0.39 is 0 Å². The minimum Gasteiger partial charge on any atom is -0.458 e. The van der Waals surface area contributed by atoms with Gasteiger partial charge in [0.2, 0.25) is 0 Å². The van der Waals surface area contributed by atoms with Gasteiger partial charge in [-0.2, -0.15) is 0 Å². The number of benzene rings is 2. The number of amides is 1. The van der Waals surface area contributed by atoms with Crippen molar-refractivity contribution in [2.75, 3.05) is 11.4 Å². The topological polar surface area (TPSA) is 29.5 Å². The van der Waals surface area contributed by atoms with Crippen LogP contribution in [0.15, 0.2) is 66.4 Å². The molecule has 0 aliphatic carbocycles. The van der Waals surface area contributed by atoms with E-state index in [1.54, 1.807) is 4.90 Å². The van der Waals surface area contributed by atoms with E-state index in [1.165, 1.54) is 0 Å². The van der Waals surface area contributed by atoms with Crippen LogP contribution in [-0.2, 0) is 0 Å². The highest BCUT2D eigenvalue weighted by atomic mass is 16.5. The number of nitrogens with zero attached hydrogens (tertiary/aromatic N) is 1. The van der Waals surface area contributed by atoms with Crippen molar-refractivity contribution in [3.8, 4) is 5.75 Å². The molecule has 0 saturated heterocycles. The van der Waals surface area contributed by atoms with Crippen molar-refractivity contribution in [1.29, 1.82) is 0 Å². The van der Waals surface area contributed by atoms with Crippen LogP contribution in [0.4, 0.5) is 5.69 Å². The van der Waals surface area contributed by atoms with Crippen LogP contribution in [-0.4, -0.2) is 12.5 Å². The number of allylic oxidation sites excluding steroid dienone is 1. The fourth-order valence-electron chi connectivity index (χ4n) is 2.25. The Kier molecular flexibility index (Phi) is 3.25. The maximum Gasteiger partial charge on any atom is 0.258 e. The Hall–Kier alpha value is -2.55. The molecule has 1 heterocycles. The van der Waals surface area contributed by atoms with E-state index in [2.05, 4.69) is 0 Å². The highest BCUT2D eigenvalue weighted by Gasteiger charge is 2.26. The van der Waals surface area contributed by atoms with E-state index in [4.69, 9.17) is 4.74 Å². The summed E-state index contributed by atoms with van der Waals surface area (Å²) in [6.45, 7) is 2.37. The predicted octanol–water partition coefficient (Wildman–Crippen LogP) is 3.63. The first-order valence-electron chi connectivity index (χ1n) is 6.58. The molecule has 2 aromatic rings. The van der Waals surface area contributed by atoms with Crippen LogP contribution in [0.3, 0.4) is 0 Å². The zero-order valence-corrected chi connectivity index (χ0v) is 11.2. The van der Waals surface area contributed by atoms with Crippen LogP contribution in [0.2, 0.25) is 0 Å². The minimum absolute atomic E-state index is 0.0132. The van der Waals surface area contributed by atoms with E-state index in [0.29, 0.717) is 12.1 Å². The number of carbonyl (C=O) groups excluding carboxylic acids is 1. The summed E-state index contributed by atoms with van der Waals surface area (Å²) < 4.78 is 5.76. The van der Waals surface area contributed by atoms with Gasteiger partial charge in [-0.15, -0.1) is 0 Å². The molecule has 0 bridgehead atoms. The molecular formula is C17H15NO2. The summed E-state index contributed by atoms with van der Waals surface area (Å²) in [5.41, 5.74) is 1.49. The van der Waals surface area contributed by atoms with Crippen molar-refractivity contribution < 1.29 is 9.53 Å². The molecule has 3 rings (SSSR count). The second-order valence-corrected chi connectivity index (χ2v) is 4.58. The quantitative estimate of drug-likeness (QED) is 0.788. The Morgan fingerprint density at radius 2 is 1.80 bits per heavy atom. The molecule has 2 aromatic carbocycles. The highest BCUT2D eigenvalue weighted by molar-refractivity contribution is 6.07. The third-order valence-electron chi connectivity index (χ3n) is 3.30. The van der Waals surface area contributed by atoms with Crippen molar-refractivity contribution in [2.45, 2.75) is 6.92 Å². The summed E-state index contributed by atoms with van der Waals surface area (Å²) in [6.07, 6.45) is 1.89. The van der Waals surface area contributed by atoms with Crippen molar-refractivity contribution in [3.05, 3.63) is 72.0 Å². The lowest BCUT2D eigenvalue weighted by molar-refractivity contribution is 0.0983. The van der Waals surface area contributed by atoms with E-state index >= 15 is 0 Å². The third kappa shape index (κ3) is 2.18. The molecule has 0 saturated carbocycles. The number of para-hydroxylation sites is 2. The highest BCUT2D eigenvalue weighted by Crippen LogP contribution is 2.35. The van der Waals surface area contributed by atoms with Crippen LogP contribution in [0.5, 0.6) is 5.75 Å². The summed E-state index contributed by atoms with van der Waals surface area (Å²) in [4.78, 5) is 14.4. The summed E-state index contributed by atoms with van der Waals surface area (Å²) in [6, 6.07) is 16.9. The lowest BCUT2D eigenvalue weighted by Gasteiger charge is -2.30. The Balaban J connectivity index is 2.03. The molecule has 3 nitrogen and oxygen atoms in total. The summed E-state index contributed by atoms with van der Waals surface area (Å²) in [5.74, 6) is 1.49. The van der Waals surface area contributed by atoms with E-state index in [1.807, 2.05) is 67.6 Å². The van der Waals surface area contributed by atoms with Gasteiger partial charge >= 0.3 is 0 Å². The standard InChI is InChI=1S/C17H15NO2/c1-2-14-12-18(15-10-6-7-11-16(15)20-14)17(19)13-8-4-3-5-9-13/h2-11H,12H2,1H3/b14-2+. The zero-order valence-electron chi connectivity index (χ0n) is 11.2. The van der Waals surface area contributed by atoms with Crippen molar-refractivity contribution >= 4 is 11.6 Å². The Labute approximate surface area is 118 Å². The van der Waals surface area contributed by atoms with Crippen LogP contribution in [0.1, 0.15) is 17.3 Å². The lowest BCUT2D eigenvalue weighted by atomic mass is 10.1. The summed E-state index contributed by atoms with van der Waals surface area (Å²) >= 11 is 0. The number of ether oxygens (including phenoxy) is 1. The van der Waals surface area contributed by atoms with Gasteiger partial charge < -0.3 is 4.74 Å². The minimum atomic E-state index is -0.0132. The fourth-order valence-corrected chi connectivity index (χ4v) is 2.25. The molecule has 1 aliphatic rings. The number of carbonyl (C=O) groups is 1. The van der Waals surface area contributed by atoms with Gasteiger partial charge in [0.25, 0.3) is 5.91 Å². The van der Waals surface area contributed by atoms with Crippen molar-refractivity contribution in [3.63, 3.8) is 0 Å². The molecule has 0 radical (unpaired) electrons. The van der Waals surface area contributed by atoms with Gasteiger partial charge in [-0.1, -0.05) is 30.3 Å².